The third kappa shape index (κ3) is 5.17. The Morgan fingerprint density at radius 1 is 1.31 bits per heavy atom. The van der Waals surface area contributed by atoms with Crippen molar-refractivity contribution in [1.82, 2.24) is 10.6 Å². The number of aliphatic carboxylic acids is 1. The number of halogens is 3. The highest BCUT2D eigenvalue weighted by Gasteiger charge is 2.38. The molecule has 0 saturated carbocycles. The molecule has 0 rings (SSSR count). The molecule has 0 aliphatic carbocycles. The van der Waals surface area contributed by atoms with E-state index < -0.39 is 36.5 Å². The van der Waals surface area contributed by atoms with Gasteiger partial charge in [0.1, 0.15) is 6.04 Å². The number of carboxylic acids is 1. The van der Waals surface area contributed by atoms with Gasteiger partial charge in [-0.2, -0.15) is 13.2 Å². The van der Waals surface area contributed by atoms with Crippen LogP contribution in [-0.4, -0.2) is 41.7 Å². The quantitative estimate of drug-likeness (QED) is 0.604. The number of hydrogen-bond donors (Lipinski definition) is 3. The molecule has 0 aromatic carbocycles. The topological polar surface area (TPSA) is 95.5 Å². The second kappa shape index (κ2) is 5.33. The Kier molecular flexibility index (Phi) is 4.73. The molecular weight excluding hydrogens is 233 g/mol. The van der Waals surface area contributed by atoms with Crippen LogP contribution >= 0.6 is 0 Å². The van der Waals surface area contributed by atoms with Crippen molar-refractivity contribution in [2.45, 2.75) is 19.1 Å². The van der Waals surface area contributed by atoms with Gasteiger partial charge in [-0.1, -0.05) is 0 Å². The maximum atomic E-state index is 11.7. The van der Waals surface area contributed by atoms with Crippen LogP contribution in [0.1, 0.15) is 6.92 Å². The fraction of sp³-hybridized carbons (Fsp3) is 0.571. The third-order valence-electron chi connectivity index (χ3n) is 1.41. The summed E-state index contributed by atoms with van der Waals surface area (Å²) in [6, 6.07) is -1.24. The summed E-state index contributed by atoms with van der Waals surface area (Å²) in [4.78, 5) is 31.3. The van der Waals surface area contributed by atoms with Gasteiger partial charge in [-0.05, 0) is 6.92 Å². The summed E-state index contributed by atoms with van der Waals surface area (Å²) in [5, 5.41) is 11.5. The van der Waals surface area contributed by atoms with Gasteiger partial charge in [0.2, 0.25) is 5.91 Å². The van der Waals surface area contributed by atoms with Crippen molar-refractivity contribution in [3.63, 3.8) is 0 Å². The number of carboxylic acid groups (broad SMARTS) is 1. The first kappa shape index (κ1) is 14.2. The predicted octanol–water partition coefficient (Wildman–Crippen LogP) is -0.746. The molecule has 1 unspecified atom stereocenters. The molecule has 0 aromatic heterocycles. The summed E-state index contributed by atoms with van der Waals surface area (Å²) in [5.74, 6) is -4.62. The van der Waals surface area contributed by atoms with Gasteiger partial charge in [-0.3, -0.25) is 14.4 Å². The Bertz CT molecular complexity index is 302. The summed E-state index contributed by atoms with van der Waals surface area (Å²) in [6.45, 7) is 0.196. The average Bonchev–Trinajstić information content (AvgIpc) is 2.12. The first-order chi connectivity index (χ1) is 7.14. The fourth-order valence-corrected chi connectivity index (χ4v) is 0.615. The van der Waals surface area contributed by atoms with Crippen molar-refractivity contribution in [1.29, 1.82) is 0 Å². The summed E-state index contributed by atoms with van der Waals surface area (Å²) in [5.41, 5.74) is 0. The van der Waals surface area contributed by atoms with Gasteiger partial charge in [0.05, 0.1) is 6.54 Å². The molecule has 0 heterocycles. The zero-order chi connectivity index (χ0) is 12.9. The van der Waals surface area contributed by atoms with E-state index in [0.717, 1.165) is 6.92 Å². The molecule has 0 aliphatic rings. The molecule has 0 saturated heterocycles. The first-order valence-electron chi connectivity index (χ1n) is 4.01. The lowest BCUT2D eigenvalue weighted by Crippen LogP contribution is -2.46. The summed E-state index contributed by atoms with van der Waals surface area (Å²) < 4.78 is 35.0. The molecular formula is C7H9F3N2O4. The van der Waals surface area contributed by atoms with Crippen LogP contribution in [0, 0.1) is 0 Å². The normalized spacial score (nSPS) is 12.8. The smallest absolute Gasteiger partial charge is 0.471 e. The summed E-state index contributed by atoms with van der Waals surface area (Å²) in [6.07, 6.45) is -5.07. The van der Waals surface area contributed by atoms with Crippen LogP contribution in [-0.2, 0) is 14.4 Å². The zero-order valence-corrected chi connectivity index (χ0v) is 8.09. The van der Waals surface area contributed by atoms with Gasteiger partial charge in [-0.15, -0.1) is 0 Å². The van der Waals surface area contributed by atoms with E-state index in [0.29, 0.717) is 0 Å². The van der Waals surface area contributed by atoms with Crippen LogP contribution in [0.25, 0.3) is 0 Å². The van der Waals surface area contributed by atoms with Crippen molar-refractivity contribution < 1.29 is 32.7 Å². The maximum Gasteiger partial charge on any atom is 0.471 e. The van der Waals surface area contributed by atoms with E-state index in [1.807, 2.05) is 5.32 Å². The van der Waals surface area contributed by atoms with Crippen molar-refractivity contribution in [3.05, 3.63) is 0 Å². The highest BCUT2D eigenvalue weighted by Crippen LogP contribution is 2.13. The van der Waals surface area contributed by atoms with E-state index in [2.05, 4.69) is 0 Å². The Morgan fingerprint density at radius 2 is 1.81 bits per heavy atom. The van der Waals surface area contributed by atoms with Crippen LogP contribution in [0.3, 0.4) is 0 Å². The molecule has 9 heteroatoms. The molecule has 0 bridgehead atoms. The van der Waals surface area contributed by atoms with Gasteiger partial charge >= 0.3 is 18.1 Å². The third-order valence-corrected chi connectivity index (χ3v) is 1.41. The Balaban J connectivity index is 4.01. The van der Waals surface area contributed by atoms with Crippen molar-refractivity contribution in [2.75, 3.05) is 6.54 Å². The molecule has 2 amide bonds. The number of nitrogens with one attached hydrogen (secondary N) is 2. The van der Waals surface area contributed by atoms with Crippen LogP contribution in [0.4, 0.5) is 13.2 Å². The minimum absolute atomic E-state index is 0.935. The van der Waals surface area contributed by atoms with Gasteiger partial charge in [-0.25, -0.2) is 0 Å². The Hall–Kier alpha value is -1.80. The van der Waals surface area contributed by atoms with Crippen molar-refractivity contribution in [3.8, 4) is 0 Å². The number of alkyl halides is 3. The van der Waals surface area contributed by atoms with Gasteiger partial charge in [0.15, 0.2) is 0 Å². The number of carbonyl (C=O) groups excluding carboxylic acids is 2. The van der Waals surface area contributed by atoms with Gasteiger partial charge in [0, 0.05) is 0 Å². The van der Waals surface area contributed by atoms with Crippen LogP contribution < -0.4 is 10.6 Å². The van der Waals surface area contributed by atoms with E-state index >= 15 is 0 Å². The molecule has 0 radical (unpaired) electrons. The van der Waals surface area contributed by atoms with E-state index in [4.69, 9.17) is 5.11 Å². The van der Waals surface area contributed by atoms with Crippen LogP contribution in [0.5, 0.6) is 0 Å². The molecule has 16 heavy (non-hydrogen) atoms. The molecule has 1 atom stereocenters. The highest BCUT2D eigenvalue weighted by molar-refractivity contribution is 5.89. The lowest BCUT2D eigenvalue weighted by molar-refractivity contribution is -0.173. The largest absolute Gasteiger partial charge is 0.480 e. The van der Waals surface area contributed by atoms with Gasteiger partial charge in [0.25, 0.3) is 0 Å². The average molecular weight is 242 g/mol. The predicted molar refractivity (Wildman–Crippen MR) is 44.3 cm³/mol. The van der Waals surface area contributed by atoms with E-state index in [1.54, 1.807) is 0 Å². The molecule has 0 spiro atoms. The molecule has 3 N–H and O–H groups in total. The Morgan fingerprint density at radius 3 is 2.19 bits per heavy atom. The highest BCUT2D eigenvalue weighted by atomic mass is 19.4. The monoisotopic (exact) mass is 242 g/mol. The maximum absolute atomic E-state index is 11.7. The molecule has 0 fully saturated rings. The minimum Gasteiger partial charge on any atom is -0.480 e. The van der Waals surface area contributed by atoms with Crippen molar-refractivity contribution in [2.24, 2.45) is 0 Å². The minimum atomic E-state index is -5.07. The van der Waals surface area contributed by atoms with E-state index in [9.17, 15) is 27.6 Å². The molecule has 0 aliphatic heterocycles. The number of rotatable bonds is 4. The van der Waals surface area contributed by atoms with E-state index in [1.165, 1.54) is 5.32 Å². The van der Waals surface area contributed by atoms with Crippen LogP contribution in [0.15, 0.2) is 0 Å². The first-order valence-corrected chi connectivity index (χ1v) is 4.01. The second-order valence-corrected chi connectivity index (χ2v) is 2.81. The summed E-state index contributed by atoms with van der Waals surface area (Å²) >= 11 is 0. The standard InChI is InChI=1S/C7H9F3N2O4/c1-3(5(14)15)12-4(13)2-11-6(16)7(8,9)10/h3H,2H2,1H3,(H,11,16)(H,12,13)(H,14,15). The SMILES string of the molecule is CC(NC(=O)CNC(=O)C(F)(F)F)C(=O)O. The lowest BCUT2D eigenvalue weighted by Gasteiger charge is -2.10. The molecule has 0 aromatic rings. The van der Waals surface area contributed by atoms with Crippen molar-refractivity contribution >= 4 is 17.8 Å². The number of carbonyl (C=O) groups is 3. The second-order valence-electron chi connectivity index (χ2n) is 2.81. The van der Waals surface area contributed by atoms with Crippen LogP contribution in [0.2, 0.25) is 0 Å². The zero-order valence-electron chi connectivity index (χ0n) is 8.09. The fourth-order valence-electron chi connectivity index (χ4n) is 0.615. The van der Waals surface area contributed by atoms with E-state index in [-0.39, 0.29) is 0 Å². The molecule has 6 nitrogen and oxygen atoms in total. The summed E-state index contributed by atoms with van der Waals surface area (Å²) in [7, 11) is 0. The number of amides is 2. The Labute approximate surface area is 87.8 Å². The number of hydrogen-bond acceptors (Lipinski definition) is 3. The van der Waals surface area contributed by atoms with Gasteiger partial charge < -0.3 is 15.7 Å². The lowest BCUT2D eigenvalue weighted by atomic mass is 10.3. The molecule has 92 valence electrons.